The number of ether oxygens (including phenoxy) is 5. The number of aliphatic hydroxyl groups excluding tert-OH is 9. The Balaban J connectivity index is -0.000000245. The number of esters is 4. The molecule has 0 saturated heterocycles. The molecule has 1 fully saturated rings. The number of aliphatic hydroxyl groups is 9. The van der Waals surface area contributed by atoms with Gasteiger partial charge in [-0.25, -0.2) is 0 Å². The summed E-state index contributed by atoms with van der Waals surface area (Å²) in [6.45, 7) is 16.5. The molecule has 1 aliphatic carbocycles. The average Bonchev–Trinajstić information content (AvgIpc) is 1.50. The summed E-state index contributed by atoms with van der Waals surface area (Å²) in [4.78, 5) is 105. The first-order valence-corrected chi connectivity index (χ1v) is 57.1. The molecule has 40 nitrogen and oxygen atoms in total. The highest BCUT2D eigenvalue weighted by Gasteiger charge is 2.25. The summed E-state index contributed by atoms with van der Waals surface area (Å²) < 4.78 is 105. The second-order valence-corrected chi connectivity index (χ2v) is 44.6. The minimum atomic E-state index is -4.49. The zero-order valence-corrected chi connectivity index (χ0v) is 95.3. The van der Waals surface area contributed by atoms with E-state index in [2.05, 4.69) is 131 Å². The number of phosphoric acid groups is 1. The Morgan fingerprint density at radius 3 is 0.993 bits per heavy atom. The van der Waals surface area contributed by atoms with Gasteiger partial charge in [-0.3, -0.25) is 28.5 Å². The number of quaternary nitrogens is 4. The van der Waals surface area contributed by atoms with Gasteiger partial charge in [0.05, 0.1) is 124 Å². The van der Waals surface area contributed by atoms with E-state index in [0.717, 1.165) is 104 Å². The van der Waals surface area contributed by atoms with Gasteiger partial charge in [-0.15, -0.1) is 27.9 Å². The van der Waals surface area contributed by atoms with Crippen LogP contribution in [0.5, 0.6) is 0 Å². The molecule has 0 spiro atoms. The molecule has 11 atom stereocenters. The number of hydrogen-bond donors (Lipinski definition) is 12. The van der Waals surface area contributed by atoms with Crippen molar-refractivity contribution in [2.45, 2.75) is 355 Å². The second kappa shape index (κ2) is 104. The molecular weight excluding hydrogens is 1940 g/mol. The van der Waals surface area contributed by atoms with Crippen molar-refractivity contribution in [2.24, 2.45) is 17.3 Å². The topological polar surface area (TPSA) is 576 Å². The van der Waals surface area contributed by atoms with Crippen LogP contribution in [0.3, 0.4) is 0 Å². The SMILES string of the molecule is CCC(C)(C)CC(C)CC(=O)OCC(O)COP(=O)([O-])OCC[N+](C)(C)C.CCCCCC(=O)OCC(O)CO[P+](=O)[O-].CCCCCCCCCCCCCCCC(=O)NCCO.CCCCCCCCCCCCCCCCCC(=O)OCC(O)CO[P+](=O)O.COCC(O)CO[P+](=O)O.C[N+](C)(C)CCO.C[N+](C)(C)CCO.C[N+](C)(C)CCO.O=C(CCC1CCCC1)OCC(O)CO[P+](=O)[O-]. The van der Waals surface area contributed by atoms with Crippen LogP contribution in [0.25, 0.3) is 0 Å². The van der Waals surface area contributed by atoms with Gasteiger partial charge in [-0.1, -0.05) is 260 Å². The molecule has 0 aromatic heterocycles. The van der Waals surface area contributed by atoms with Crippen molar-refractivity contribution in [2.75, 3.05) is 224 Å². The normalized spacial score (nSPS) is 14.2. The second-order valence-electron chi connectivity index (χ2n) is 40.3. The van der Waals surface area contributed by atoms with Gasteiger partial charge >= 0.3 is 56.9 Å². The van der Waals surface area contributed by atoms with Gasteiger partial charge in [0.15, 0.2) is 0 Å². The zero-order valence-electron chi connectivity index (χ0n) is 90.8. The summed E-state index contributed by atoms with van der Waals surface area (Å²) in [5.41, 5.74) is 0.161. The average molecular weight is 2140 g/mol. The Hall–Kier alpha value is -3.02. The van der Waals surface area contributed by atoms with Crippen LogP contribution < -0.4 is 20.0 Å². The van der Waals surface area contributed by atoms with Crippen LogP contribution in [0, 0.1) is 17.3 Å². The largest absolute Gasteiger partial charge is 0.756 e. The third kappa shape index (κ3) is 145. The first kappa shape index (κ1) is 153. The molecule has 1 rings (SSSR count). The van der Waals surface area contributed by atoms with E-state index in [9.17, 15) is 76.8 Å². The van der Waals surface area contributed by atoms with E-state index in [4.69, 9.17) is 63.9 Å². The van der Waals surface area contributed by atoms with Crippen LogP contribution in [0.1, 0.15) is 325 Å². The molecule has 1 amide bonds. The summed E-state index contributed by atoms with van der Waals surface area (Å²) in [6.07, 6.45) is 43.3. The number of nitrogens with zero attached hydrogens (tertiary/aromatic N) is 4. The van der Waals surface area contributed by atoms with Crippen LogP contribution in [0.2, 0.25) is 0 Å². The molecule has 0 bridgehead atoms. The molecule has 45 heteroatoms. The van der Waals surface area contributed by atoms with Crippen LogP contribution in [-0.2, 0) is 97.6 Å². The minimum absolute atomic E-state index is 0.0125. The van der Waals surface area contributed by atoms with Crippen LogP contribution >= 0.6 is 40.8 Å². The fourth-order valence-corrected chi connectivity index (χ4v) is 14.3. The molecule has 12 N–H and O–H groups in total. The zero-order chi connectivity index (χ0) is 109. The molecule has 0 aromatic carbocycles. The lowest BCUT2D eigenvalue weighted by atomic mass is 9.80. The Labute approximate surface area is 853 Å². The molecule has 0 aliphatic heterocycles. The lowest BCUT2D eigenvalue weighted by Gasteiger charge is -2.27. The number of methoxy groups -OCH3 is 1. The lowest BCUT2D eigenvalue weighted by Crippen LogP contribution is -2.37. The maximum atomic E-state index is 11.9. The highest BCUT2D eigenvalue weighted by molar-refractivity contribution is 7.45. The van der Waals surface area contributed by atoms with Gasteiger partial charge in [-0.05, 0) is 58.5 Å². The molecule has 11 unspecified atom stereocenters. The summed E-state index contributed by atoms with van der Waals surface area (Å²) in [5, 5.41) is 82.8. The van der Waals surface area contributed by atoms with Gasteiger partial charge in [0.25, 0.3) is 7.82 Å². The van der Waals surface area contributed by atoms with Gasteiger partial charge in [-0.2, -0.15) is 0 Å². The van der Waals surface area contributed by atoms with Gasteiger partial charge in [0, 0.05) is 54.9 Å². The summed E-state index contributed by atoms with van der Waals surface area (Å²) in [5.74, 6) is -0.647. The first-order valence-electron chi connectivity index (χ1n) is 51.2. The van der Waals surface area contributed by atoms with Crippen molar-refractivity contribution in [3.8, 4) is 0 Å². The third-order valence-corrected chi connectivity index (χ3v) is 23.3. The van der Waals surface area contributed by atoms with Crippen LogP contribution in [0.4, 0.5) is 0 Å². The predicted molar refractivity (Wildman–Crippen MR) is 545 cm³/mol. The van der Waals surface area contributed by atoms with Crippen molar-refractivity contribution in [3.05, 3.63) is 0 Å². The van der Waals surface area contributed by atoms with E-state index in [0.29, 0.717) is 49.2 Å². The number of hydrogen-bond acceptors (Lipinski definition) is 33. The summed E-state index contributed by atoms with van der Waals surface area (Å²) in [6, 6.07) is 0. The van der Waals surface area contributed by atoms with Gasteiger partial charge < -0.3 is 117 Å². The Kier molecular flexibility index (Phi) is 113. The van der Waals surface area contributed by atoms with E-state index in [1.54, 1.807) is 0 Å². The summed E-state index contributed by atoms with van der Waals surface area (Å²) in [7, 11) is 9.82. The number of rotatable bonds is 79. The third-order valence-electron chi connectivity index (χ3n) is 20.9. The monoisotopic (exact) mass is 2140 g/mol. The molecular formula is C96H205N5O35P5+5. The number of phosphoric ester groups is 1. The number of amides is 1. The van der Waals surface area contributed by atoms with E-state index in [1.807, 2.05) is 35.0 Å². The highest BCUT2D eigenvalue weighted by atomic mass is 31.2. The molecule has 1 saturated carbocycles. The Morgan fingerprint density at radius 2 is 0.695 bits per heavy atom. The van der Waals surface area contributed by atoms with Crippen molar-refractivity contribution in [1.29, 1.82) is 0 Å². The maximum absolute atomic E-state index is 11.9. The number of unbranched alkanes of at least 4 members (excludes halogenated alkanes) is 28. The number of likely N-dealkylation sites (N-methyl/N-ethyl adjacent to an activating group) is 4. The lowest BCUT2D eigenvalue weighted by molar-refractivity contribution is -0.870. The maximum Gasteiger partial charge on any atom is 0.694 e. The predicted octanol–water partition coefficient (Wildman–Crippen LogP) is 12.5. The van der Waals surface area contributed by atoms with Crippen molar-refractivity contribution in [1.82, 2.24) is 5.32 Å². The standard InChI is InChI=1S/C21H41O6P.C18H38NO7P.C18H37NO2.C11H19O6P.C9H17O6P.3C5H14NO.C4H9O5P/c1-2-3-4-5-6-7-8-9-10-11-12-13-14-15-16-17-21(23)26-18-20(22)19-27-28(24)25;1-8-18(3,4)12-15(2)11-17(21)24-13-16(20)14-26-27(22,23)25-10-9-19(5,6)7;1-2-3-4-5-6-7-8-9-10-11-12-13-14-15-18(21)19-16-17-20;12-10(8-17-18(14)15)7-16-11(13)6-5-9-3-1-2-4-9;1-2-3-4-5-9(11)14-6-8(10)7-15-16(12)13;3*1-6(2,3)4-5-7;1-8-2-4(5)3-9-10(6)7/h20,22H,2-19H2,1H3;15-16,20H,8-14H2,1-7H3;20H,2-17H2,1H3,(H,19,21);9-10,12H,1-8H2;8,10H,2-7H2,1H3;3*7H,4-5H2,1-3H3;4-5H,2-3H2,1H3/q;;;;;3*+1;/p+2. The van der Waals surface area contributed by atoms with E-state index in [1.165, 1.54) is 180 Å². The van der Waals surface area contributed by atoms with Gasteiger partial charge in [0.2, 0.25) is 5.91 Å². The molecule has 1 aliphatic rings. The smallest absolute Gasteiger partial charge is 0.694 e. The molecule has 0 heterocycles. The van der Waals surface area contributed by atoms with Gasteiger partial charge in [0.1, 0.15) is 116 Å². The quantitative estimate of drug-likeness (QED) is 0.00884. The van der Waals surface area contributed by atoms with E-state index >= 15 is 0 Å². The van der Waals surface area contributed by atoms with Crippen LogP contribution in [-0.4, -0.2) is 357 Å². The molecule has 141 heavy (non-hydrogen) atoms. The first-order chi connectivity index (χ1) is 66.0. The number of carbonyl (C=O) groups is 5. The fraction of sp³-hybridized carbons (Fsp3) is 0.948. The molecule has 844 valence electrons. The minimum Gasteiger partial charge on any atom is -0.756 e. The number of nitrogens with one attached hydrogen (secondary N) is 1. The Morgan fingerprint density at radius 1 is 0.404 bits per heavy atom. The molecule has 0 radical (unpaired) electrons. The van der Waals surface area contributed by atoms with Crippen molar-refractivity contribution < 1.29 is 186 Å². The fourth-order valence-electron chi connectivity index (χ4n) is 12.4. The van der Waals surface area contributed by atoms with E-state index < -0.39 is 83.9 Å². The molecule has 0 aromatic rings. The van der Waals surface area contributed by atoms with Crippen LogP contribution in [0.15, 0.2) is 0 Å². The highest BCUT2D eigenvalue weighted by Crippen LogP contribution is 2.38. The number of carbonyl (C=O) groups excluding carboxylic acids is 5. The van der Waals surface area contributed by atoms with E-state index in [-0.39, 0.29) is 134 Å². The Bertz CT molecular complexity index is 2920. The van der Waals surface area contributed by atoms with Crippen molar-refractivity contribution in [3.63, 3.8) is 0 Å². The van der Waals surface area contributed by atoms with Crippen molar-refractivity contribution >= 4 is 70.6 Å². The summed E-state index contributed by atoms with van der Waals surface area (Å²) >= 11 is 0.